The van der Waals surface area contributed by atoms with Crippen LogP contribution >= 0.6 is 0 Å². The second-order valence-electron chi connectivity index (χ2n) is 9.32. The summed E-state index contributed by atoms with van der Waals surface area (Å²) < 4.78 is 54.5. The number of hydrogen-bond donors (Lipinski definition) is 2. The van der Waals surface area contributed by atoms with Gasteiger partial charge in [0, 0.05) is 36.2 Å². The minimum Gasteiger partial charge on any atom is -0.398 e. The fraction of sp³-hybridized carbons (Fsp3) is 0.214. The molecule has 5 rings (SSSR count). The number of nitrogens with zero attached hydrogens (tertiary/aromatic N) is 3. The van der Waals surface area contributed by atoms with E-state index in [9.17, 15) is 17.2 Å². The molecule has 1 saturated heterocycles. The smallest absolute Gasteiger partial charge is 0.243 e. The molecule has 10 heteroatoms. The molecule has 196 valence electrons. The van der Waals surface area contributed by atoms with Crippen molar-refractivity contribution in [2.24, 2.45) is 5.92 Å². The summed E-state index contributed by atoms with van der Waals surface area (Å²) >= 11 is 0. The number of aromatic nitrogens is 2. The van der Waals surface area contributed by atoms with Crippen LogP contribution in [-0.4, -0.2) is 35.8 Å². The first-order valence-electron chi connectivity index (χ1n) is 12.3. The van der Waals surface area contributed by atoms with Gasteiger partial charge < -0.3 is 11.1 Å². The summed E-state index contributed by atoms with van der Waals surface area (Å²) in [7, 11) is -3.64. The van der Waals surface area contributed by atoms with Gasteiger partial charge in [-0.05, 0) is 97.5 Å². The molecule has 0 unspecified atom stereocenters. The van der Waals surface area contributed by atoms with Crippen molar-refractivity contribution in [2.45, 2.75) is 24.2 Å². The van der Waals surface area contributed by atoms with E-state index in [1.54, 1.807) is 54.7 Å². The number of rotatable bonds is 7. The molecule has 3 N–H and O–H groups in total. The average molecular weight is 536 g/mol. The lowest BCUT2D eigenvalue weighted by Gasteiger charge is -2.31. The highest BCUT2D eigenvalue weighted by atomic mass is 32.2. The summed E-state index contributed by atoms with van der Waals surface area (Å²) in [4.78, 5) is 8.89. The van der Waals surface area contributed by atoms with Gasteiger partial charge in [0.15, 0.2) is 0 Å². The second kappa shape index (κ2) is 10.8. The van der Waals surface area contributed by atoms with Gasteiger partial charge in [-0.3, -0.25) is 0 Å². The standard InChI is InChI=1S/C28H27F2N5O2S/c29-22-4-1-20(2-5-22)27-11-14-32-28(34-27)33-24-7-9-25(10-8-24)38(36,37)35-15-12-19(13-16-35)17-21-3-6-23(30)18-26(21)31/h1-11,14,18-19H,12-13,15-17,31H2,(H,32,33,34). The molecular formula is C28H27F2N5O2S. The SMILES string of the molecule is Nc1cc(F)ccc1CC1CCN(S(=O)(=O)c2ccc(Nc3nccc(-c4ccc(F)cc4)n3)cc2)CC1. The van der Waals surface area contributed by atoms with Crippen LogP contribution < -0.4 is 11.1 Å². The first kappa shape index (κ1) is 25.7. The second-order valence-corrected chi connectivity index (χ2v) is 11.3. The number of nitrogens with one attached hydrogen (secondary N) is 1. The van der Waals surface area contributed by atoms with E-state index < -0.39 is 10.0 Å². The quantitative estimate of drug-likeness (QED) is 0.308. The summed E-state index contributed by atoms with van der Waals surface area (Å²) in [6.07, 6.45) is 3.71. The Kier molecular flexibility index (Phi) is 7.35. The van der Waals surface area contributed by atoms with Gasteiger partial charge in [0.1, 0.15) is 11.6 Å². The molecule has 2 heterocycles. The lowest BCUT2D eigenvalue weighted by Crippen LogP contribution is -2.38. The number of hydrogen-bond acceptors (Lipinski definition) is 6. The van der Waals surface area contributed by atoms with Gasteiger partial charge in [0.2, 0.25) is 16.0 Å². The predicted octanol–water partition coefficient (Wildman–Crippen LogP) is 5.39. The molecule has 1 aliphatic rings. The fourth-order valence-electron chi connectivity index (χ4n) is 4.61. The lowest BCUT2D eigenvalue weighted by atomic mass is 9.90. The predicted molar refractivity (Wildman–Crippen MR) is 143 cm³/mol. The van der Waals surface area contributed by atoms with E-state index in [1.165, 1.54) is 28.6 Å². The van der Waals surface area contributed by atoms with Gasteiger partial charge >= 0.3 is 0 Å². The molecule has 38 heavy (non-hydrogen) atoms. The van der Waals surface area contributed by atoms with Crippen molar-refractivity contribution in [3.63, 3.8) is 0 Å². The van der Waals surface area contributed by atoms with Gasteiger partial charge in [0.25, 0.3) is 0 Å². The highest BCUT2D eigenvalue weighted by molar-refractivity contribution is 7.89. The molecule has 0 saturated carbocycles. The normalized spacial score (nSPS) is 14.9. The maximum atomic E-state index is 13.3. The topological polar surface area (TPSA) is 101 Å². The molecule has 1 aromatic heterocycles. The first-order chi connectivity index (χ1) is 18.3. The van der Waals surface area contributed by atoms with Crippen molar-refractivity contribution in [1.29, 1.82) is 0 Å². The molecule has 7 nitrogen and oxygen atoms in total. The van der Waals surface area contributed by atoms with Gasteiger partial charge in [-0.1, -0.05) is 6.07 Å². The third-order valence-corrected chi connectivity index (χ3v) is 8.65. The van der Waals surface area contributed by atoms with Crippen molar-refractivity contribution in [3.05, 3.63) is 96.2 Å². The number of piperidine rings is 1. The minimum absolute atomic E-state index is 0.213. The monoisotopic (exact) mass is 535 g/mol. The first-order valence-corrected chi connectivity index (χ1v) is 13.7. The van der Waals surface area contributed by atoms with Gasteiger partial charge in [-0.15, -0.1) is 0 Å². The maximum absolute atomic E-state index is 13.3. The Bertz CT molecular complexity index is 1520. The number of nitrogens with two attached hydrogens (primary N) is 1. The summed E-state index contributed by atoms with van der Waals surface area (Å²) in [6, 6.07) is 18.6. The van der Waals surface area contributed by atoms with E-state index in [4.69, 9.17) is 5.73 Å². The van der Waals surface area contributed by atoms with Gasteiger partial charge in [-0.2, -0.15) is 4.31 Å². The molecule has 0 spiro atoms. The Morgan fingerprint density at radius 2 is 1.61 bits per heavy atom. The van der Waals surface area contributed by atoms with Crippen molar-refractivity contribution < 1.29 is 17.2 Å². The van der Waals surface area contributed by atoms with Crippen LogP contribution in [0.2, 0.25) is 0 Å². The zero-order chi connectivity index (χ0) is 26.7. The number of benzene rings is 3. The Labute approximate surface area is 220 Å². The van der Waals surface area contributed by atoms with Crippen molar-refractivity contribution in [2.75, 3.05) is 24.1 Å². The van der Waals surface area contributed by atoms with Crippen molar-refractivity contribution in [3.8, 4) is 11.3 Å². The van der Waals surface area contributed by atoms with Crippen LogP contribution in [0.3, 0.4) is 0 Å². The van der Waals surface area contributed by atoms with E-state index >= 15 is 0 Å². The van der Waals surface area contributed by atoms with E-state index in [0.29, 0.717) is 55.4 Å². The van der Waals surface area contributed by atoms with Gasteiger partial charge in [0.05, 0.1) is 10.6 Å². The molecule has 4 aromatic rings. The van der Waals surface area contributed by atoms with Gasteiger partial charge in [-0.25, -0.2) is 27.2 Å². The highest BCUT2D eigenvalue weighted by Gasteiger charge is 2.29. The molecule has 1 aliphatic heterocycles. The lowest BCUT2D eigenvalue weighted by molar-refractivity contribution is 0.273. The molecule has 0 amide bonds. The summed E-state index contributed by atoms with van der Waals surface area (Å²) in [6.45, 7) is 0.830. The zero-order valence-corrected chi connectivity index (χ0v) is 21.3. The third-order valence-electron chi connectivity index (χ3n) is 6.73. The van der Waals surface area contributed by atoms with E-state index in [1.807, 2.05) is 0 Å². The summed E-state index contributed by atoms with van der Waals surface area (Å²) in [5.41, 5.74) is 9.28. The van der Waals surface area contributed by atoms with Crippen molar-refractivity contribution in [1.82, 2.24) is 14.3 Å². The molecule has 0 aliphatic carbocycles. The molecule has 0 bridgehead atoms. The summed E-state index contributed by atoms with van der Waals surface area (Å²) in [5.74, 6) is -0.0621. The molecular weight excluding hydrogens is 508 g/mol. The maximum Gasteiger partial charge on any atom is 0.243 e. The van der Waals surface area contributed by atoms with Crippen LogP contribution in [0.15, 0.2) is 83.9 Å². The molecule has 1 fully saturated rings. The van der Waals surface area contributed by atoms with Crippen molar-refractivity contribution >= 4 is 27.3 Å². The van der Waals surface area contributed by atoms with Crippen LogP contribution in [0.25, 0.3) is 11.3 Å². The van der Waals surface area contributed by atoms with E-state index in [-0.39, 0.29) is 22.4 Å². The Balaban J connectivity index is 1.21. The number of sulfonamides is 1. The van der Waals surface area contributed by atoms with E-state index in [2.05, 4.69) is 15.3 Å². The minimum atomic E-state index is -3.64. The van der Waals surface area contributed by atoms with Crippen LogP contribution in [0.4, 0.5) is 26.1 Å². The van der Waals surface area contributed by atoms with Crippen LogP contribution in [-0.2, 0) is 16.4 Å². The van der Waals surface area contributed by atoms with Crippen LogP contribution in [0.1, 0.15) is 18.4 Å². The van der Waals surface area contributed by atoms with E-state index in [0.717, 1.165) is 11.1 Å². The number of anilines is 3. The Morgan fingerprint density at radius 1 is 0.921 bits per heavy atom. The fourth-order valence-corrected chi connectivity index (χ4v) is 6.07. The highest BCUT2D eigenvalue weighted by Crippen LogP contribution is 2.29. The zero-order valence-electron chi connectivity index (χ0n) is 20.5. The molecule has 0 atom stereocenters. The molecule has 0 radical (unpaired) electrons. The Hall–Kier alpha value is -3.89. The largest absolute Gasteiger partial charge is 0.398 e. The van der Waals surface area contributed by atoms with Crippen LogP contribution in [0.5, 0.6) is 0 Å². The summed E-state index contributed by atoms with van der Waals surface area (Å²) in [5, 5.41) is 3.08. The van der Waals surface area contributed by atoms with Crippen LogP contribution in [0, 0.1) is 17.6 Å². The number of nitrogen functional groups attached to an aromatic ring is 1. The average Bonchev–Trinajstić information content (AvgIpc) is 2.91. The Morgan fingerprint density at radius 3 is 2.29 bits per heavy atom. The third kappa shape index (κ3) is 5.81. The molecule has 3 aromatic carbocycles. The number of halogens is 2.